The van der Waals surface area contributed by atoms with Crippen LogP contribution in [0.5, 0.6) is 0 Å². The van der Waals surface area contributed by atoms with Crippen molar-refractivity contribution in [1.82, 2.24) is 19.3 Å². The number of hydrogen-bond acceptors (Lipinski definition) is 4. The molecule has 1 atom stereocenters. The van der Waals surface area contributed by atoms with Gasteiger partial charge in [0.05, 0.1) is 28.8 Å². The molecule has 3 aromatic rings. The third-order valence-electron chi connectivity index (χ3n) is 4.42. The van der Waals surface area contributed by atoms with Crippen LogP contribution in [-0.4, -0.2) is 32.4 Å². The van der Waals surface area contributed by atoms with Gasteiger partial charge in [-0.15, -0.1) is 0 Å². The fourth-order valence-electron chi connectivity index (χ4n) is 3.27. The summed E-state index contributed by atoms with van der Waals surface area (Å²) in [5.74, 6) is 0. The minimum absolute atomic E-state index is 0.0117. The van der Waals surface area contributed by atoms with Gasteiger partial charge >= 0.3 is 0 Å². The van der Waals surface area contributed by atoms with Crippen molar-refractivity contribution in [2.45, 2.75) is 12.5 Å². The Balaban J connectivity index is 1.73. The first kappa shape index (κ1) is 14.2. The van der Waals surface area contributed by atoms with Gasteiger partial charge in [0.25, 0.3) is 5.56 Å². The molecular formula is C16H17N5OS. The Bertz CT molecular complexity index is 986. The summed E-state index contributed by atoms with van der Waals surface area (Å²) in [6.45, 7) is 1.66. The Labute approximate surface area is 138 Å². The lowest BCUT2D eigenvalue weighted by Gasteiger charge is -2.18. The molecule has 1 aliphatic heterocycles. The van der Waals surface area contributed by atoms with Crippen LogP contribution >= 0.6 is 12.2 Å². The van der Waals surface area contributed by atoms with E-state index in [4.69, 9.17) is 12.2 Å². The first-order chi connectivity index (χ1) is 11.1. The van der Waals surface area contributed by atoms with E-state index >= 15 is 0 Å². The topological polar surface area (TPSA) is 58.9 Å². The fraction of sp³-hybridized carbons (Fsp3) is 0.312. The molecule has 1 aliphatic rings. The first-order valence-electron chi connectivity index (χ1n) is 7.60. The van der Waals surface area contributed by atoms with Gasteiger partial charge in [0.15, 0.2) is 4.77 Å². The van der Waals surface area contributed by atoms with Gasteiger partial charge in [-0.1, -0.05) is 12.1 Å². The maximum Gasteiger partial charge on any atom is 0.262 e. The van der Waals surface area contributed by atoms with E-state index in [2.05, 4.69) is 15.0 Å². The number of nitrogens with zero attached hydrogens (tertiary/aromatic N) is 4. The van der Waals surface area contributed by atoms with E-state index in [0.717, 1.165) is 30.7 Å². The predicted molar refractivity (Wildman–Crippen MR) is 92.5 cm³/mol. The number of benzene rings is 1. The highest BCUT2D eigenvalue weighted by atomic mass is 32.1. The number of aromatic amines is 1. The molecule has 2 aromatic heterocycles. The molecule has 0 aliphatic carbocycles. The minimum atomic E-state index is -0.0117. The number of hydrogen-bond donors (Lipinski definition) is 1. The van der Waals surface area contributed by atoms with E-state index in [9.17, 15) is 4.79 Å². The highest BCUT2D eigenvalue weighted by molar-refractivity contribution is 7.71. The highest BCUT2D eigenvalue weighted by Crippen LogP contribution is 2.26. The lowest BCUT2D eigenvalue weighted by Crippen LogP contribution is -2.29. The number of rotatable bonds is 2. The Hall–Kier alpha value is -2.41. The first-order valence-corrected chi connectivity index (χ1v) is 8.01. The van der Waals surface area contributed by atoms with Crippen LogP contribution in [0.2, 0.25) is 0 Å². The summed E-state index contributed by atoms with van der Waals surface area (Å²) in [5.41, 5.74) is 1.86. The fourth-order valence-corrected chi connectivity index (χ4v) is 3.61. The molecule has 6 nitrogen and oxygen atoms in total. The lowest BCUT2D eigenvalue weighted by atomic mass is 10.2. The Morgan fingerprint density at radius 3 is 2.96 bits per heavy atom. The van der Waals surface area contributed by atoms with Gasteiger partial charge in [0, 0.05) is 26.3 Å². The summed E-state index contributed by atoms with van der Waals surface area (Å²) >= 11 is 5.44. The molecule has 0 radical (unpaired) electrons. The number of aromatic nitrogens is 4. The van der Waals surface area contributed by atoms with Crippen molar-refractivity contribution in [2.24, 2.45) is 7.05 Å². The highest BCUT2D eigenvalue weighted by Gasteiger charge is 2.26. The van der Waals surface area contributed by atoms with Crippen LogP contribution in [0.25, 0.3) is 10.9 Å². The third kappa shape index (κ3) is 2.37. The SMILES string of the molecule is Cn1cc(N2CCC(n3c(=S)[nH]c4ccccc4c3=O)C2)cn1. The molecule has 7 heteroatoms. The standard InChI is InChI=1S/C16H17N5OS/c1-19-9-12(8-17-19)20-7-6-11(10-20)21-15(22)13-4-2-3-5-14(13)18-16(21)23/h2-5,8-9,11H,6-7,10H2,1H3,(H,18,23). The van der Waals surface area contributed by atoms with Crippen molar-refractivity contribution in [1.29, 1.82) is 0 Å². The van der Waals surface area contributed by atoms with Crippen molar-refractivity contribution in [2.75, 3.05) is 18.0 Å². The molecule has 1 unspecified atom stereocenters. The molecule has 1 N–H and O–H groups in total. The summed E-state index contributed by atoms with van der Waals surface area (Å²) in [6, 6.07) is 7.58. The second kappa shape index (κ2) is 5.34. The molecular weight excluding hydrogens is 310 g/mol. The van der Waals surface area contributed by atoms with E-state index in [1.165, 1.54) is 0 Å². The average Bonchev–Trinajstić information content (AvgIpc) is 3.16. The van der Waals surface area contributed by atoms with Crippen molar-refractivity contribution >= 4 is 28.8 Å². The van der Waals surface area contributed by atoms with Crippen LogP contribution in [0.4, 0.5) is 5.69 Å². The maximum absolute atomic E-state index is 12.8. The maximum atomic E-state index is 12.8. The summed E-state index contributed by atoms with van der Waals surface area (Å²) in [6.07, 6.45) is 4.74. The van der Waals surface area contributed by atoms with Gasteiger partial charge in [-0.25, -0.2) is 0 Å². The largest absolute Gasteiger partial charge is 0.367 e. The molecule has 0 bridgehead atoms. The van der Waals surface area contributed by atoms with Gasteiger partial charge in [0.1, 0.15) is 0 Å². The molecule has 0 amide bonds. The average molecular weight is 327 g/mol. The van der Waals surface area contributed by atoms with Gasteiger partial charge < -0.3 is 9.88 Å². The number of aryl methyl sites for hydroxylation is 1. The summed E-state index contributed by atoms with van der Waals surface area (Å²) in [4.78, 5) is 18.2. The van der Waals surface area contributed by atoms with Gasteiger partial charge in [-0.3, -0.25) is 14.0 Å². The Morgan fingerprint density at radius 2 is 2.17 bits per heavy atom. The van der Waals surface area contributed by atoms with Crippen LogP contribution < -0.4 is 10.5 Å². The molecule has 0 saturated carbocycles. The van der Waals surface area contributed by atoms with E-state index in [0.29, 0.717) is 10.2 Å². The van der Waals surface area contributed by atoms with E-state index in [-0.39, 0.29) is 11.6 Å². The van der Waals surface area contributed by atoms with Gasteiger partial charge in [-0.2, -0.15) is 5.10 Å². The molecule has 23 heavy (non-hydrogen) atoms. The molecule has 3 heterocycles. The molecule has 118 valence electrons. The molecule has 1 saturated heterocycles. The smallest absolute Gasteiger partial charge is 0.262 e. The molecule has 0 spiro atoms. The second-order valence-electron chi connectivity index (χ2n) is 5.91. The van der Waals surface area contributed by atoms with Crippen LogP contribution in [0.15, 0.2) is 41.5 Å². The van der Waals surface area contributed by atoms with E-state index in [1.807, 2.05) is 43.7 Å². The summed E-state index contributed by atoms with van der Waals surface area (Å²) in [5, 5.41) is 4.90. The Morgan fingerprint density at radius 1 is 1.35 bits per heavy atom. The molecule has 4 rings (SSSR count). The Kier molecular flexibility index (Phi) is 3.30. The zero-order chi connectivity index (χ0) is 16.0. The van der Waals surface area contributed by atoms with Crippen LogP contribution in [0.1, 0.15) is 12.5 Å². The summed E-state index contributed by atoms with van der Waals surface area (Å²) in [7, 11) is 1.90. The number of nitrogens with one attached hydrogen (secondary N) is 1. The number of fused-ring (bicyclic) bond motifs is 1. The molecule has 1 fully saturated rings. The van der Waals surface area contributed by atoms with Crippen molar-refractivity contribution in [3.05, 3.63) is 51.8 Å². The zero-order valence-electron chi connectivity index (χ0n) is 12.8. The lowest BCUT2D eigenvalue weighted by molar-refractivity contribution is 0.523. The van der Waals surface area contributed by atoms with Crippen LogP contribution in [0.3, 0.4) is 0 Å². The van der Waals surface area contributed by atoms with Crippen LogP contribution in [0, 0.1) is 4.77 Å². The number of H-pyrrole nitrogens is 1. The van der Waals surface area contributed by atoms with E-state index in [1.54, 1.807) is 9.25 Å². The van der Waals surface area contributed by atoms with Crippen molar-refractivity contribution in [3.63, 3.8) is 0 Å². The number of anilines is 1. The quantitative estimate of drug-likeness (QED) is 0.734. The van der Waals surface area contributed by atoms with E-state index < -0.39 is 0 Å². The third-order valence-corrected chi connectivity index (χ3v) is 4.72. The zero-order valence-corrected chi connectivity index (χ0v) is 13.6. The monoisotopic (exact) mass is 327 g/mol. The normalized spacial score (nSPS) is 18.0. The van der Waals surface area contributed by atoms with Gasteiger partial charge in [-0.05, 0) is 30.8 Å². The van der Waals surface area contributed by atoms with Gasteiger partial charge in [0.2, 0.25) is 0 Å². The number of para-hydroxylation sites is 1. The van der Waals surface area contributed by atoms with Crippen molar-refractivity contribution in [3.8, 4) is 0 Å². The van der Waals surface area contributed by atoms with Crippen LogP contribution in [-0.2, 0) is 7.05 Å². The van der Waals surface area contributed by atoms with Crippen molar-refractivity contribution < 1.29 is 0 Å². The predicted octanol–water partition coefficient (Wildman–Crippen LogP) is 2.24. The minimum Gasteiger partial charge on any atom is -0.367 e. The second-order valence-corrected chi connectivity index (χ2v) is 6.30. The summed E-state index contributed by atoms with van der Waals surface area (Å²) < 4.78 is 4.01. The molecule has 1 aromatic carbocycles.